The van der Waals surface area contributed by atoms with Crippen molar-refractivity contribution in [3.05, 3.63) is 16.3 Å². The van der Waals surface area contributed by atoms with Crippen molar-refractivity contribution >= 4 is 29.7 Å². The zero-order valence-electron chi connectivity index (χ0n) is 10.0. The fourth-order valence-corrected chi connectivity index (χ4v) is 2.60. The average Bonchev–Trinajstić information content (AvgIpc) is 2.77. The monoisotopic (exact) mass is 312 g/mol. The van der Waals surface area contributed by atoms with Crippen LogP contribution in [0, 0.1) is 0 Å². The van der Waals surface area contributed by atoms with E-state index in [-0.39, 0.29) is 35.0 Å². The first-order chi connectivity index (χ1) is 8.66. The maximum Gasteiger partial charge on any atom is 0.387 e. The van der Waals surface area contributed by atoms with Crippen molar-refractivity contribution < 1.29 is 18.3 Å². The van der Waals surface area contributed by atoms with Crippen molar-refractivity contribution in [3.8, 4) is 5.75 Å². The third kappa shape index (κ3) is 4.59. The van der Waals surface area contributed by atoms with E-state index >= 15 is 0 Å². The molecular formula is C11H15ClF2N2O2S. The van der Waals surface area contributed by atoms with E-state index in [0.29, 0.717) is 6.54 Å². The van der Waals surface area contributed by atoms with Gasteiger partial charge >= 0.3 is 6.61 Å². The minimum Gasteiger partial charge on any atom is -0.433 e. The Kier molecular flexibility index (Phi) is 6.47. The first-order valence-corrected chi connectivity index (χ1v) is 6.58. The van der Waals surface area contributed by atoms with Crippen molar-refractivity contribution in [1.29, 1.82) is 0 Å². The molecule has 0 spiro atoms. The van der Waals surface area contributed by atoms with Gasteiger partial charge in [-0.15, -0.1) is 23.7 Å². The quantitative estimate of drug-likeness (QED) is 0.896. The van der Waals surface area contributed by atoms with E-state index in [4.69, 9.17) is 0 Å². The molecule has 108 valence electrons. The molecule has 1 fully saturated rings. The Labute approximate surface area is 119 Å². The summed E-state index contributed by atoms with van der Waals surface area (Å²) in [6, 6.07) is 1.43. The topological polar surface area (TPSA) is 50.4 Å². The molecule has 1 aromatic heterocycles. The molecule has 1 amide bonds. The summed E-state index contributed by atoms with van der Waals surface area (Å²) < 4.78 is 28.6. The van der Waals surface area contributed by atoms with Gasteiger partial charge in [-0.3, -0.25) is 4.79 Å². The first-order valence-electron chi connectivity index (χ1n) is 5.70. The molecule has 0 aliphatic carbocycles. The minimum atomic E-state index is -2.91. The van der Waals surface area contributed by atoms with E-state index in [1.165, 1.54) is 6.07 Å². The molecule has 0 bridgehead atoms. The molecule has 1 saturated heterocycles. The van der Waals surface area contributed by atoms with Gasteiger partial charge in [0, 0.05) is 12.6 Å². The van der Waals surface area contributed by atoms with Gasteiger partial charge in [0.25, 0.3) is 5.91 Å². The van der Waals surface area contributed by atoms with Crippen LogP contribution in [0.25, 0.3) is 0 Å². The molecule has 1 aromatic rings. The highest BCUT2D eigenvalue weighted by molar-refractivity contribution is 7.12. The molecule has 19 heavy (non-hydrogen) atoms. The summed E-state index contributed by atoms with van der Waals surface area (Å²) in [6.07, 6.45) is 1.89. The van der Waals surface area contributed by atoms with Crippen LogP contribution in [0.1, 0.15) is 22.5 Å². The lowest BCUT2D eigenvalue weighted by Gasteiger charge is -2.23. The number of ether oxygens (including phenoxy) is 1. The van der Waals surface area contributed by atoms with Crippen LogP contribution in [0.15, 0.2) is 11.4 Å². The van der Waals surface area contributed by atoms with Crippen LogP contribution in [-0.2, 0) is 0 Å². The number of nitrogens with one attached hydrogen (secondary N) is 2. The fourth-order valence-electron chi connectivity index (χ4n) is 1.88. The lowest BCUT2D eigenvalue weighted by atomic mass is 10.1. The number of hydrogen-bond acceptors (Lipinski definition) is 4. The van der Waals surface area contributed by atoms with Gasteiger partial charge in [0.15, 0.2) is 0 Å². The summed E-state index contributed by atoms with van der Waals surface area (Å²) in [5.74, 6) is -0.411. The lowest BCUT2D eigenvalue weighted by Crippen LogP contribution is -2.45. The second-order valence-electron chi connectivity index (χ2n) is 4.01. The zero-order chi connectivity index (χ0) is 13.0. The van der Waals surface area contributed by atoms with Crippen LogP contribution in [-0.4, -0.2) is 31.7 Å². The van der Waals surface area contributed by atoms with Crippen LogP contribution in [0.2, 0.25) is 0 Å². The summed E-state index contributed by atoms with van der Waals surface area (Å²) in [5.41, 5.74) is 0. The van der Waals surface area contributed by atoms with Gasteiger partial charge in [0.1, 0.15) is 10.6 Å². The molecule has 2 heterocycles. The van der Waals surface area contributed by atoms with Crippen molar-refractivity contribution in [2.75, 3.05) is 13.1 Å². The first kappa shape index (κ1) is 16.1. The Morgan fingerprint density at radius 3 is 3.00 bits per heavy atom. The smallest absolute Gasteiger partial charge is 0.387 e. The molecule has 0 saturated carbocycles. The number of alkyl halides is 2. The van der Waals surface area contributed by atoms with Crippen LogP contribution in [0.4, 0.5) is 8.78 Å². The predicted octanol–water partition coefficient (Wildman–Crippen LogP) is 2.25. The number of thiophene rings is 1. The molecule has 2 N–H and O–H groups in total. The Hall–Kier alpha value is -0.920. The number of hydrogen-bond donors (Lipinski definition) is 2. The summed E-state index contributed by atoms with van der Waals surface area (Å²) in [5, 5.41) is 7.55. The third-order valence-corrected chi connectivity index (χ3v) is 3.58. The summed E-state index contributed by atoms with van der Waals surface area (Å²) in [4.78, 5) is 12.1. The van der Waals surface area contributed by atoms with Gasteiger partial charge in [0.2, 0.25) is 0 Å². The highest BCUT2D eigenvalue weighted by atomic mass is 35.5. The van der Waals surface area contributed by atoms with E-state index in [1.54, 1.807) is 5.38 Å². The maximum atomic E-state index is 12.1. The lowest BCUT2D eigenvalue weighted by molar-refractivity contribution is -0.0498. The van der Waals surface area contributed by atoms with Gasteiger partial charge in [0.05, 0.1) is 0 Å². The second kappa shape index (κ2) is 7.62. The van der Waals surface area contributed by atoms with Gasteiger partial charge in [-0.2, -0.15) is 8.78 Å². The van der Waals surface area contributed by atoms with Crippen molar-refractivity contribution in [2.24, 2.45) is 0 Å². The van der Waals surface area contributed by atoms with Crippen LogP contribution in [0.3, 0.4) is 0 Å². The fraction of sp³-hybridized carbons (Fsp3) is 0.545. The van der Waals surface area contributed by atoms with E-state index in [2.05, 4.69) is 15.4 Å². The molecule has 0 aromatic carbocycles. The van der Waals surface area contributed by atoms with E-state index in [1.807, 2.05) is 0 Å². The average molecular weight is 313 g/mol. The van der Waals surface area contributed by atoms with Crippen molar-refractivity contribution in [3.63, 3.8) is 0 Å². The van der Waals surface area contributed by atoms with Crippen molar-refractivity contribution in [2.45, 2.75) is 25.5 Å². The Balaban J connectivity index is 0.00000180. The summed E-state index contributed by atoms with van der Waals surface area (Å²) in [6.45, 7) is -1.25. The number of amides is 1. The Morgan fingerprint density at radius 2 is 2.37 bits per heavy atom. The Morgan fingerprint density at radius 1 is 1.58 bits per heavy atom. The minimum absolute atomic E-state index is 0. The molecule has 1 aliphatic heterocycles. The molecule has 4 nitrogen and oxygen atoms in total. The van der Waals surface area contributed by atoms with Gasteiger partial charge in [-0.05, 0) is 30.8 Å². The molecule has 1 atom stereocenters. The normalized spacial score (nSPS) is 18.8. The molecule has 8 heteroatoms. The molecule has 2 rings (SSSR count). The van der Waals surface area contributed by atoms with Gasteiger partial charge < -0.3 is 15.4 Å². The van der Waals surface area contributed by atoms with E-state index in [9.17, 15) is 13.6 Å². The van der Waals surface area contributed by atoms with Crippen LogP contribution in [0.5, 0.6) is 5.75 Å². The second-order valence-corrected chi connectivity index (χ2v) is 4.93. The number of piperidine rings is 1. The van der Waals surface area contributed by atoms with Gasteiger partial charge in [-0.25, -0.2) is 0 Å². The molecular weight excluding hydrogens is 298 g/mol. The maximum absolute atomic E-state index is 12.1. The highest BCUT2D eigenvalue weighted by Gasteiger charge is 2.21. The molecule has 0 radical (unpaired) electrons. The summed E-state index contributed by atoms with van der Waals surface area (Å²) >= 11 is 1.10. The number of rotatable bonds is 4. The third-order valence-electron chi connectivity index (χ3n) is 2.68. The Bertz CT molecular complexity index is 411. The zero-order valence-corrected chi connectivity index (χ0v) is 11.7. The number of carbonyl (C=O) groups is 1. The van der Waals surface area contributed by atoms with Crippen molar-refractivity contribution in [1.82, 2.24) is 10.6 Å². The highest BCUT2D eigenvalue weighted by Crippen LogP contribution is 2.26. The summed E-state index contributed by atoms with van der Waals surface area (Å²) in [7, 11) is 0. The van der Waals surface area contributed by atoms with Gasteiger partial charge in [-0.1, -0.05) is 0 Å². The van der Waals surface area contributed by atoms with Crippen LogP contribution >= 0.6 is 23.7 Å². The largest absolute Gasteiger partial charge is 0.433 e. The van der Waals surface area contributed by atoms with E-state index in [0.717, 1.165) is 30.7 Å². The molecule has 1 aliphatic rings. The van der Waals surface area contributed by atoms with E-state index < -0.39 is 6.61 Å². The number of carbonyl (C=O) groups excluding carboxylic acids is 1. The molecule has 0 unspecified atom stereocenters. The van der Waals surface area contributed by atoms with Crippen LogP contribution < -0.4 is 15.4 Å². The SMILES string of the molecule is Cl.O=C(N[C@H]1CCCNC1)c1sccc1OC(F)F. The predicted molar refractivity (Wildman–Crippen MR) is 71.6 cm³/mol. The standard InChI is InChI=1S/C11H14F2N2O2S.ClH/c12-11(13)17-8-3-5-18-9(8)10(16)15-7-2-1-4-14-6-7;/h3,5,7,11,14H,1-2,4,6H2,(H,15,16);1H/t7-;/m0./s1. The number of halogens is 3.